The van der Waals surface area contributed by atoms with Crippen molar-refractivity contribution in [3.8, 4) is 0 Å². The molecule has 1 aromatic rings. The Morgan fingerprint density at radius 1 is 1.50 bits per heavy atom. The van der Waals surface area contributed by atoms with Gasteiger partial charge in [-0.15, -0.1) is 11.3 Å². The molecule has 0 aromatic carbocycles. The average Bonchev–Trinajstić information content (AvgIpc) is 2.66. The van der Waals surface area contributed by atoms with Crippen molar-refractivity contribution in [1.82, 2.24) is 4.98 Å². The molecule has 2 rings (SSSR count). The van der Waals surface area contributed by atoms with Gasteiger partial charge in [0.05, 0.1) is 5.69 Å². The van der Waals surface area contributed by atoms with E-state index in [0.717, 1.165) is 19.5 Å². The molecule has 1 unspecified atom stereocenters. The van der Waals surface area contributed by atoms with E-state index in [9.17, 15) is 0 Å². The van der Waals surface area contributed by atoms with E-state index >= 15 is 0 Å². The molecule has 0 spiro atoms. The molecular formula is C12H21N3S. The van der Waals surface area contributed by atoms with Crippen LogP contribution in [0.5, 0.6) is 0 Å². The second-order valence-corrected chi connectivity index (χ2v) is 5.24. The highest BCUT2D eigenvalue weighted by atomic mass is 32.1. The Labute approximate surface area is 102 Å². The van der Waals surface area contributed by atoms with Crippen LogP contribution in [0.2, 0.25) is 0 Å². The first kappa shape index (κ1) is 11.9. The van der Waals surface area contributed by atoms with E-state index in [-0.39, 0.29) is 0 Å². The molecule has 1 aromatic heterocycles. The Hall–Kier alpha value is -0.610. The van der Waals surface area contributed by atoms with E-state index in [2.05, 4.69) is 22.2 Å². The maximum Gasteiger partial charge on any atom is 0.185 e. The minimum atomic E-state index is 0.498. The van der Waals surface area contributed by atoms with E-state index in [1.807, 2.05) is 0 Å². The fourth-order valence-corrected chi connectivity index (χ4v) is 3.27. The first-order valence-corrected chi connectivity index (χ1v) is 7.14. The highest BCUT2D eigenvalue weighted by Gasteiger charge is 2.22. The molecule has 4 heteroatoms. The summed E-state index contributed by atoms with van der Waals surface area (Å²) >= 11 is 1.77. The maximum absolute atomic E-state index is 5.87. The predicted octanol–water partition coefficient (Wildman–Crippen LogP) is 2.41. The number of hydrogen-bond acceptors (Lipinski definition) is 4. The summed E-state index contributed by atoms with van der Waals surface area (Å²) < 4.78 is 0. The normalized spacial score (nSPS) is 22.1. The van der Waals surface area contributed by atoms with Crippen molar-refractivity contribution in [2.24, 2.45) is 5.73 Å². The predicted molar refractivity (Wildman–Crippen MR) is 70.1 cm³/mol. The van der Waals surface area contributed by atoms with Gasteiger partial charge in [0.25, 0.3) is 0 Å². The van der Waals surface area contributed by atoms with Crippen LogP contribution in [0, 0.1) is 0 Å². The molecule has 1 aliphatic heterocycles. The van der Waals surface area contributed by atoms with Crippen molar-refractivity contribution in [2.75, 3.05) is 18.0 Å². The van der Waals surface area contributed by atoms with Gasteiger partial charge in [-0.05, 0) is 19.3 Å². The van der Waals surface area contributed by atoms with E-state index in [4.69, 9.17) is 5.73 Å². The summed E-state index contributed by atoms with van der Waals surface area (Å²) in [6.07, 6.45) is 6.16. The number of nitrogens with zero attached hydrogens (tertiary/aromatic N) is 2. The summed E-state index contributed by atoms with van der Waals surface area (Å²) in [5.74, 6) is 0. The molecule has 90 valence electrons. The van der Waals surface area contributed by atoms with Gasteiger partial charge in [0.15, 0.2) is 5.13 Å². The third-order valence-electron chi connectivity index (χ3n) is 3.30. The Morgan fingerprint density at radius 3 is 3.06 bits per heavy atom. The molecule has 2 N–H and O–H groups in total. The molecule has 1 atom stereocenters. The molecule has 0 saturated carbocycles. The molecule has 0 amide bonds. The van der Waals surface area contributed by atoms with Gasteiger partial charge < -0.3 is 10.6 Å². The van der Waals surface area contributed by atoms with Crippen LogP contribution in [0.15, 0.2) is 5.38 Å². The van der Waals surface area contributed by atoms with Crippen LogP contribution in [-0.2, 0) is 6.42 Å². The molecule has 0 bridgehead atoms. The summed E-state index contributed by atoms with van der Waals surface area (Å²) in [7, 11) is 0. The van der Waals surface area contributed by atoms with Crippen LogP contribution in [0.3, 0.4) is 0 Å². The topological polar surface area (TPSA) is 42.1 Å². The zero-order valence-electron chi connectivity index (χ0n) is 9.98. The van der Waals surface area contributed by atoms with Gasteiger partial charge >= 0.3 is 0 Å². The lowest BCUT2D eigenvalue weighted by Gasteiger charge is -2.28. The van der Waals surface area contributed by atoms with Crippen molar-refractivity contribution >= 4 is 16.5 Å². The van der Waals surface area contributed by atoms with Gasteiger partial charge in [0, 0.05) is 24.5 Å². The molecular weight excluding hydrogens is 218 g/mol. The molecule has 1 fully saturated rings. The number of aromatic nitrogens is 1. The summed E-state index contributed by atoms with van der Waals surface area (Å²) in [5, 5.41) is 3.35. The summed E-state index contributed by atoms with van der Waals surface area (Å²) in [6, 6.07) is 0.498. The van der Waals surface area contributed by atoms with Gasteiger partial charge in [-0.3, -0.25) is 0 Å². The van der Waals surface area contributed by atoms with Crippen molar-refractivity contribution in [2.45, 2.75) is 45.1 Å². The number of hydrogen-bond donors (Lipinski definition) is 1. The minimum absolute atomic E-state index is 0.498. The van der Waals surface area contributed by atoms with Gasteiger partial charge in [0.2, 0.25) is 0 Å². The number of nitrogens with two attached hydrogens (primary N) is 1. The zero-order chi connectivity index (χ0) is 11.4. The standard InChI is InChI=1S/C12H21N3S/c1-2-10-9-16-12(14-10)15-7-5-3-4-6-11(15)8-13/h9,11H,2-8,13H2,1H3. The van der Waals surface area contributed by atoms with E-state index in [1.165, 1.54) is 36.5 Å². The van der Waals surface area contributed by atoms with Gasteiger partial charge in [-0.1, -0.05) is 19.8 Å². The van der Waals surface area contributed by atoms with E-state index < -0.39 is 0 Å². The lowest BCUT2D eigenvalue weighted by Crippen LogP contribution is -2.40. The van der Waals surface area contributed by atoms with Gasteiger partial charge in [-0.25, -0.2) is 4.98 Å². The number of anilines is 1. The lowest BCUT2D eigenvalue weighted by molar-refractivity contribution is 0.579. The zero-order valence-corrected chi connectivity index (χ0v) is 10.8. The van der Waals surface area contributed by atoms with Crippen LogP contribution in [0.25, 0.3) is 0 Å². The maximum atomic E-state index is 5.87. The molecule has 0 radical (unpaired) electrons. The Balaban J connectivity index is 2.14. The van der Waals surface area contributed by atoms with Crippen LogP contribution in [0.1, 0.15) is 38.3 Å². The third-order valence-corrected chi connectivity index (χ3v) is 4.22. The molecule has 16 heavy (non-hydrogen) atoms. The molecule has 1 saturated heterocycles. The monoisotopic (exact) mass is 239 g/mol. The second-order valence-electron chi connectivity index (χ2n) is 4.41. The van der Waals surface area contributed by atoms with E-state index in [0.29, 0.717) is 6.04 Å². The first-order chi connectivity index (χ1) is 7.85. The van der Waals surface area contributed by atoms with Crippen molar-refractivity contribution in [3.05, 3.63) is 11.1 Å². The molecule has 1 aliphatic rings. The summed E-state index contributed by atoms with van der Waals surface area (Å²) in [4.78, 5) is 7.11. The first-order valence-electron chi connectivity index (χ1n) is 6.26. The fourth-order valence-electron chi connectivity index (χ4n) is 2.26. The van der Waals surface area contributed by atoms with Gasteiger partial charge in [0.1, 0.15) is 0 Å². The number of rotatable bonds is 3. The molecule has 2 heterocycles. The SMILES string of the molecule is CCc1csc(N2CCCCCC2CN)n1. The van der Waals surface area contributed by atoms with Crippen LogP contribution < -0.4 is 10.6 Å². The van der Waals surface area contributed by atoms with Crippen LogP contribution >= 0.6 is 11.3 Å². The minimum Gasteiger partial charge on any atom is -0.344 e. The largest absolute Gasteiger partial charge is 0.344 e. The summed E-state index contributed by atoms with van der Waals surface area (Å²) in [5.41, 5.74) is 7.08. The number of thiazole rings is 1. The van der Waals surface area contributed by atoms with Crippen LogP contribution in [0.4, 0.5) is 5.13 Å². The number of aryl methyl sites for hydroxylation is 1. The summed E-state index contributed by atoms with van der Waals surface area (Å²) in [6.45, 7) is 4.03. The van der Waals surface area contributed by atoms with Crippen LogP contribution in [-0.4, -0.2) is 24.1 Å². The second kappa shape index (κ2) is 5.64. The Bertz CT molecular complexity index is 324. The Morgan fingerprint density at radius 2 is 2.38 bits per heavy atom. The van der Waals surface area contributed by atoms with E-state index in [1.54, 1.807) is 11.3 Å². The quantitative estimate of drug-likeness (QED) is 0.881. The third kappa shape index (κ3) is 2.55. The molecule has 3 nitrogen and oxygen atoms in total. The lowest BCUT2D eigenvalue weighted by atomic mass is 10.1. The molecule has 0 aliphatic carbocycles. The van der Waals surface area contributed by atoms with Crippen molar-refractivity contribution in [1.29, 1.82) is 0 Å². The average molecular weight is 239 g/mol. The van der Waals surface area contributed by atoms with Gasteiger partial charge in [-0.2, -0.15) is 0 Å². The highest BCUT2D eigenvalue weighted by Crippen LogP contribution is 2.27. The van der Waals surface area contributed by atoms with Crippen molar-refractivity contribution in [3.63, 3.8) is 0 Å². The smallest absolute Gasteiger partial charge is 0.185 e. The fraction of sp³-hybridized carbons (Fsp3) is 0.750. The highest BCUT2D eigenvalue weighted by molar-refractivity contribution is 7.13. The van der Waals surface area contributed by atoms with Crippen molar-refractivity contribution < 1.29 is 0 Å². The Kier molecular flexibility index (Phi) is 4.18.